The van der Waals surface area contributed by atoms with Crippen molar-refractivity contribution in [1.82, 2.24) is 14.5 Å². The minimum Gasteiger partial charge on any atom is -0.330 e. The highest BCUT2D eigenvalue weighted by Crippen LogP contribution is 2.20. The van der Waals surface area contributed by atoms with Crippen molar-refractivity contribution in [2.24, 2.45) is 12.8 Å². The smallest absolute Gasteiger partial charge is 0.159 e. The first-order valence-electron chi connectivity index (χ1n) is 5.21. The average molecular weight is 204 g/mol. The molecule has 2 rings (SSSR count). The van der Waals surface area contributed by atoms with Crippen LogP contribution in [0.4, 0.5) is 0 Å². The monoisotopic (exact) mass is 204 g/mol. The number of nitrogens with zero attached hydrogens (tertiary/aromatic N) is 3. The van der Waals surface area contributed by atoms with Gasteiger partial charge in [-0.1, -0.05) is 6.92 Å². The number of rotatable bonds is 3. The molecule has 0 radical (unpaired) electrons. The van der Waals surface area contributed by atoms with E-state index in [2.05, 4.69) is 21.5 Å². The van der Waals surface area contributed by atoms with Gasteiger partial charge in [0.2, 0.25) is 0 Å². The Kier molecular flexibility index (Phi) is 2.68. The van der Waals surface area contributed by atoms with Crippen molar-refractivity contribution in [2.75, 3.05) is 6.54 Å². The molecule has 15 heavy (non-hydrogen) atoms. The molecule has 0 saturated heterocycles. The molecular formula is C11H16N4. The molecule has 0 aliphatic carbocycles. The van der Waals surface area contributed by atoms with E-state index in [1.54, 1.807) is 6.20 Å². The van der Waals surface area contributed by atoms with Crippen LogP contribution < -0.4 is 5.73 Å². The molecule has 0 bridgehead atoms. The molecule has 2 N–H and O–H groups in total. The number of aromatic nitrogens is 3. The summed E-state index contributed by atoms with van der Waals surface area (Å²) >= 11 is 0. The molecule has 0 saturated carbocycles. The minimum absolute atomic E-state index is 0.384. The number of fused-ring (bicyclic) bond motifs is 1. The summed E-state index contributed by atoms with van der Waals surface area (Å²) in [5, 5.41) is 0. The van der Waals surface area contributed by atoms with Crippen LogP contribution in [-0.2, 0) is 7.05 Å². The third-order valence-electron chi connectivity index (χ3n) is 2.70. The predicted octanol–water partition coefficient (Wildman–Crippen LogP) is 1.42. The van der Waals surface area contributed by atoms with Crippen LogP contribution in [0, 0.1) is 0 Å². The summed E-state index contributed by atoms with van der Waals surface area (Å²) in [7, 11) is 2.00. The van der Waals surface area contributed by atoms with E-state index in [0.717, 1.165) is 23.4 Å². The molecule has 0 amide bonds. The molecule has 2 aromatic rings. The zero-order valence-corrected chi connectivity index (χ0v) is 9.14. The van der Waals surface area contributed by atoms with Gasteiger partial charge in [0.25, 0.3) is 0 Å². The van der Waals surface area contributed by atoms with E-state index >= 15 is 0 Å². The Balaban J connectivity index is 2.48. The molecular weight excluding hydrogens is 188 g/mol. The fourth-order valence-corrected chi connectivity index (χ4v) is 1.86. The Morgan fingerprint density at radius 3 is 3.00 bits per heavy atom. The highest BCUT2D eigenvalue weighted by Gasteiger charge is 2.13. The number of hydrogen-bond donors (Lipinski definition) is 1. The maximum Gasteiger partial charge on any atom is 0.159 e. The fraction of sp³-hybridized carbons (Fsp3) is 0.455. The van der Waals surface area contributed by atoms with Crippen LogP contribution in [-0.4, -0.2) is 21.1 Å². The summed E-state index contributed by atoms with van der Waals surface area (Å²) in [5.41, 5.74) is 7.46. The summed E-state index contributed by atoms with van der Waals surface area (Å²) in [6.07, 6.45) is 2.75. The quantitative estimate of drug-likeness (QED) is 0.822. The topological polar surface area (TPSA) is 56.7 Å². The van der Waals surface area contributed by atoms with Gasteiger partial charge in [0, 0.05) is 19.2 Å². The van der Waals surface area contributed by atoms with Crippen molar-refractivity contribution in [3.8, 4) is 0 Å². The molecule has 2 aromatic heterocycles. The van der Waals surface area contributed by atoms with Crippen molar-refractivity contribution in [1.29, 1.82) is 0 Å². The maximum atomic E-state index is 5.56. The Bertz CT molecular complexity index is 461. The highest BCUT2D eigenvalue weighted by atomic mass is 15.1. The third kappa shape index (κ3) is 1.72. The van der Waals surface area contributed by atoms with Crippen LogP contribution in [0.25, 0.3) is 11.2 Å². The summed E-state index contributed by atoms with van der Waals surface area (Å²) in [6, 6.07) is 3.90. The van der Waals surface area contributed by atoms with Crippen molar-refractivity contribution >= 4 is 11.2 Å². The van der Waals surface area contributed by atoms with Crippen molar-refractivity contribution < 1.29 is 0 Å². The third-order valence-corrected chi connectivity index (χ3v) is 2.70. The van der Waals surface area contributed by atoms with Crippen LogP contribution >= 0.6 is 0 Å². The molecule has 0 aliphatic rings. The second kappa shape index (κ2) is 3.98. The van der Waals surface area contributed by atoms with Crippen LogP contribution in [0.15, 0.2) is 18.3 Å². The van der Waals surface area contributed by atoms with Gasteiger partial charge in [0.05, 0.1) is 0 Å². The Hall–Kier alpha value is -1.42. The number of imidazole rings is 1. The zero-order chi connectivity index (χ0) is 10.8. The van der Waals surface area contributed by atoms with Gasteiger partial charge in [-0.15, -0.1) is 0 Å². The van der Waals surface area contributed by atoms with Crippen LogP contribution in [0.5, 0.6) is 0 Å². The number of hydrogen-bond acceptors (Lipinski definition) is 3. The molecule has 4 heteroatoms. The molecule has 0 fully saturated rings. The van der Waals surface area contributed by atoms with E-state index in [4.69, 9.17) is 5.73 Å². The summed E-state index contributed by atoms with van der Waals surface area (Å²) in [4.78, 5) is 8.89. The zero-order valence-electron chi connectivity index (χ0n) is 9.14. The molecule has 0 aromatic carbocycles. The standard InChI is InChI=1S/C11H16N4/c1-8(5-6-12)10-14-9-4-3-7-13-11(9)15(10)2/h3-4,7-8H,5-6,12H2,1-2H3. The summed E-state index contributed by atoms with van der Waals surface area (Å²) in [5.74, 6) is 1.45. The van der Waals surface area contributed by atoms with E-state index in [0.29, 0.717) is 12.5 Å². The van der Waals surface area contributed by atoms with E-state index < -0.39 is 0 Å². The van der Waals surface area contributed by atoms with Crippen LogP contribution in [0.2, 0.25) is 0 Å². The lowest BCUT2D eigenvalue weighted by Crippen LogP contribution is -2.09. The van der Waals surface area contributed by atoms with Gasteiger partial charge in [-0.25, -0.2) is 9.97 Å². The number of nitrogens with two attached hydrogens (primary N) is 1. The Morgan fingerprint density at radius 1 is 1.53 bits per heavy atom. The maximum absolute atomic E-state index is 5.56. The predicted molar refractivity (Wildman–Crippen MR) is 60.6 cm³/mol. The minimum atomic E-state index is 0.384. The molecule has 1 atom stereocenters. The van der Waals surface area contributed by atoms with Crippen LogP contribution in [0.1, 0.15) is 25.1 Å². The van der Waals surface area contributed by atoms with Gasteiger partial charge < -0.3 is 10.3 Å². The average Bonchev–Trinajstić information content (AvgIpc) is 2.57. The van der Waals surface area contributed by atoms with E-state index in [1.165, 1.54) is 0 Å². The second-order valence-electron chi connectivity index (χ2n) is 3.85. The van der Waals surface area contributed by atoms with Crippen molar-refractivity contribution in [2.45, 2.75) is 19.3 Å². The molecule has 4 nitrogen and oxygen atoms in total. The molecule has 1 unspecified atom stereocenters. The van der Waals surface area contributed by atoms with Crippen molar-refractivity contribution in [3.63, 3.8) is 0 Å². The van der Waals surface area contributed by atoms with Crippen LogP contribution in [0.3, 0.4) is 0 Å². The second-order valence-corrected chi connectivity index (χ2v) is 3.85. The highest BCUT2D eigenvalue weighted by molar-refractivity contribution is 5.71. The summed E-state index contributed by atoms with van der Waals surface area (Å²) in [6.45, 7) is 2.84. The molecule has 80 valence electrons. The lowest BCUT2D eigenvalue weighted by Gasteiger charge is -2.09. The van der Waals surface area contributed by atoms with Crippen molar-refractivity contribution in [3.05, 3.63) is 24.2 Å². The Morgan fingerprint density at radius 2 is 2.33 bits per heavy atom. The van der Waals surface area contributed by atoms with Gasteiger partial charge >= 0.3 is 0 Å². The Labute approximate surface area is 89.1 Å². The van der Waals surface area contributed by atoms with Gasteiger partial charge in [0.1, 0.15) is 11.3 Å². The number of aryl methyl sites for hydroxylation is 1. The normalized spacial score (nSPS) is 13.3. The van der Waals surface area contributed by atoms with Gasteiger partial charge in [-0.05, 0) is 25.1 Å². The fourth-order valence-electron chi connectivity index (χ4n) is 1.86. The van der Waals surface area contributed by atoms with Gasteiger partial charge in [0.15, 0.2) is 5.65 Å². The molecule has 0 spiro atoms. The lowest BCUT2D eigenvalue weighted by molar-refractivity contribution is 0.622. The molecule has 0 aliphatic heterocycles. The first-order chi connectivity index (χ1) is 7.24. The largest absolute Gasteiger partial charge is 0.330 e. The van der Waals surface area contributed by atoms with E-state index in [9.17, 15) is 0 Å². The lowest BCUT2D eigenvalue weighted by atomic mass is 10.1. The first-order valence-corrected chi connectivity index (χ1v) is 5.21. The first kappa shape index (κ1) is 10.1. The van der Waals surface area contributed by atoms with E-state index in [-0.39, 0.29) is 0 Å². The van der Waals surface area contributed by atoms with E-state index in [1.807, 2.05) is 19.2 Å². The molecule has 2 heterocycles. The van der Waals surface area contributed by atoms with Gasteiger partial charge in [-0.3, -0.25) is 0 Å². The number of pyridine rings is 1. The summed E-state index contributed by atoms with van der Waals surface area (Å²) < 4.78 is 2.05. The van der Waals surface area contributed by atoms with Gasteiger partial charge in [-0.2, -0.15) is 0 Å². The SMILES string of the molecule is CC(CCN)c1nc2cccnc2n1C.